The second kappa shape index (κ2) is 7.68. The highest BCUT2D eigenvalue weighted by Crippen LogP contribution is 2.30. The van der Waals surface area contributed by atoms with E-state index in [0.29, 0.717) is 13.1 Å². The third-order valence-electron chi connectivity index (χ3n) is 3.67. The third kappa shape index (κ3) is 4.07. The topological polar surface area (TPSA) is 61.4 Å². The SMILES string of the molecule is O=C(O)CCNc1ccccc1NCc1csc2ccc(Br)cc12. The molecule has 124 valence electrons. The molecule has 0 aliphatic heterocycles. The molecule has 0 unspecified atom stereocenters. The van der Waals surface area contributed by atoms with Crippen molar-refractivity contribution in [2.75, 3.05) is 17.2 Å². The van der Waals surface area contributed by atoms with E-state index in [-0.39, 0.29) is 6.42 Å². The Morgan fingerprint density at radius 3 is 2.62 bits per heavy atom. The van der Waals surface area contributed by atoms with Crippen molar-refractivity contribution in [3.8, 4) is 0 Å². The van der Waals surface area contributed by atoms with Crippen LogP contribution < -0.4 is 10.6 Å². The lowest BCUT2D eigenvalue weighted by Crippen LogP contribution is -2.09. The largest absolute Gasteiger partial charge is 0.481 e. The van der Waals surface area contributed by atoms with Gasteiger partial charge in [0.2, 0.25) is 0 Å². The highest BCUT2D eigenvalue weighted by Gasteiger charge is 2.07. The van der Waals surface area contributed by atoms with Gasteiger partial charge in [-0.2, -0.15) is 0 Å². The van der Waals surface area contributed by atoms with Gasteiger partial charge < -0.3 is 15.7 Å². The summed E-state index contributed by atoms with van der Waals surface area (Å²) in [5.41, 5.74) is 3.13. The van der Waals surface area contributed by atoms with Crippen molar-refractivity contribution in [2.45, 2.75) is 13.0 Å². The second-order valence-corrected chi connectivity index (χ2v) is 7.20. The number of carbonyl (C=O) groups is 1. The summed E-state index contributed by atoms with van der Waals surface area (Å²) < 4.78 is 2.34. The van der Waals surface area contributed by atoms with Gasteiger partial charge in [0.1, 0.15) is 0 Å². The molecule has 1 aromatic heterocycles. The van der Waals surface area contributed by atoms with Gasteiger partial charge in [-0.25, -0.2) is 0 Å². The maximum atomic E-state index is 10.6. The van der Waals surface area contributed by atoms with Crippen LogP contribution in [0, 0.1) is 0 Å². The molecular formula is C18H17BrN2O2S. The summed E-state index contributed by atoms with van der Waals surface area (Å²) in [5, 5.41) is 18.8. The standard InChI is InChI=1S/C18H17BrN2O2S/c19-13-5-6-17-14(9-13)12(11-24-17)10-21-16-4-2-1-3-15(16)20-8-7-18(22)23/h1-6,9,11,20-21H,7-8,10H2,(H,22,23). The van der Waals surface area contributed by atoms with Gasteiger partial charge in [0.05, 0.1) is 17.8 Å². The van der Waals surface area contributed by atoms with Gasteiger partial charge in [-0.1, -0.05) is 28.1 Å². The number of para-hydroxylation sites is 2. The minimum Gasteiger partial charge on any atom is -0.481 e. The molecule has 2 aromatic carbocycles. The zero-order chi connectivity index (χ0) is 16.9. The van der Waals surface area contributed by atoms with Crippen molar-refractivity contribution >= 4 is 54.7 Å². The molecule has 0 atom stereocenters. The van der Waals surface area contributed by atoms with Gasteiger partial charge in [0.25, 0.3) is 0 Å². The first-order chi connectivity index (χ1) is 11.6. The van der Waals surface area contributed by atoms with Crippen molar-refractivity contribution in [2.24, 2.45) is 0 Å². The van der Waals surface area contributed by atoms with Crippen LogP contribution in [0.1, 0.15) is 12.0 Å². The van der Waals surface area contributed by atoms with E-state index in [1.54, 1.807) is 11.3 Å². The Kier molecular flexibility index (Phi) is 5.37. The van der Waals surface area contributed by atoms with Crippen LogP contribution in [0.4, 0.5) is 11.4 Å². The van der Waals surface area contributed by atoms with Crippen LogP contribution in [0.25, 0.3) is 10.1 Å². The number of anilines is 2. The average Bonchev–Trinajstić information content (AvgIpc) is 2.96. The summed E-state index contributed by atoms with van der Waals surface area (Å²) in [6.07, 6.45) is 0.0948. The van der Waals surface area contributed by atoms with E-state index >= 15 is 0 Å². The molecule has 0 saturated heterocycles. The molecule has 0 bridgehead atoms. The fourth-order valence-corrected chi connectivity index (χ4v) is 3.78. The molecule has 0 fully saturated rings. The third-order valence-corrected chi connectivity index (χ3v) is 5.17. The van der Waals surface area contributed by atoms with Crippen LogP contribution in [0.5, 0.6) is 0 Å². The first-order valence-electron chi connectivity index (χ1n) is 7.57. The van der Waals surface area contributed by atoms with Crippen molar-refractivity contribution in [3.05, 3.63) is 57.9 Å². The van der Waals surface area contributed by atoms with Crippen molar-refractivity contribution in [1.82, 2.24) is 0 Å². The summed E-state index contributed by atoms with van der Waals surface area (Å²) in [6, 6.07) is 14.2. The van der Waals surface area contributed by atoms with Crippen LogP contribution in [-0.2, 0) is 11.3 Å². The zero-order valence-electron chi connectivity index (χ0n) is 12.9. The first kappa shape index (κ1) is 16.8. The smallest absolute Gasteiger partial charge is 0.305 e. The van der Waals surface area contributed by atoms with E-state index < -0.39 is 5.97 Å². The molecule has 6 heteroatoms. The van der Waals surface area contributed by atoms with Gasteiger partial charge >= 0.3 is 5.97 Å². The lowest BCUT2D eigenvalue weighted by Gasteiger charge is -2.13. The number of hydrogen-bond donors (Lipinski definition) is 3. The highest BCUT2D eigenvalue weighted by atomic mass is 79.9. The zero-order valence-corrected chi connectivity index (χ0v) is 15.3. The van der Waals surface area contributed by atoms with Crippen LogP contribution in [-0.4, -0.2) is 17.6 Å². The van der Waals surface area contributed by atoms with Gasteiger partial charge in [0.15, 0.2) is 0 Å². The van der Waals surface area contributed by atoms with Gasteiger partial charge in [-0.15, -0.1) is 11.3 Å². The number of carboxylic acids is 1. The number of thiophene rings is 1. The number of fused-ring (bicyclic) bond motifs is 1. The van der Waals surface area contributed by atoms with E-state index in [9.17, 15) is 4.79 Å². The molecule has 4 nitrogen and oxygen atoms in total. The molecule has 1 heterocycles. The molecule has 0 radical (unpaired) electrons. The molecule has 3 aromatic rings. The summed E-state index contributed by atoms with van der Waals surface area (Å²) in [7, 11) is 0. The minimum absolute atomic E-state index is 0.0948. The van der Waals surface area contributed by atoms with Crippen LogP contribution in [0.2, 0.25) is 0 Å². The number of nitrogens with one attached hydrogen (secondary N) is 2. The molecule has 0 aliphatic rings. The number of carboxylic acid groups (broad SMARTS) is 1. The Labute approximate surface area is 152 Å². The summed E-state index contributed by atoms with van der Waals surface area (Å²) >= 11 is 5.26. The van der Waals surface area contributed by atoms with Crippen molar-refractivity contribution in [1.29, 1.82) is 0 Å². The lowest BCUT2D eigenvalue weighted by atomic mass is 10.1. The normalized spacial score (nSPS) is 10.7. The maximum absolute atomic E-state index is 10.6. The van der Waals surface area contributed by atoms with Gasteiger partial charge in [-0.3, -0.25) is 4.79 Å². The highest BCUT2D eigenvalue weighted by molar-refractivity contribution is 9.10. The fraction of sp³-hybridized carbons (Fsp3) is 0.167. The summed E-state index contributed by atoms with van der Waals surface area (Å²) in [5.74, 6) is -0.803. The molecular weight excluding hydrogens is 388 g/mol. The Morgan fingerprint density at radius 2 is 1.88 bits per heavy atom. The number of rotatable bonds is 7. The van der Waals surface area contributed by atoms with E-state index in [0.717, 1.165) is 15.8 Å². The Morgan fingerprint density at radius 1 is 1.12 bits per heavy atom. The Bertz CT molecular complexity index is 863. The predicted molar refractivity (Wildman–Crippen MR) is 104 cm³/mol. The fourth-order valence-electron chi connectivity index (χ4n) is 2.48. The number of hydrogen-bond acceptors (Lipinski definition) is 4. The van der Waals surface area contributed by atoms with Crippen LogP contribution in [0.15, 0.2) is 52.3 Å². The van der Waals surface area contributed by atoms with E-state index in [2.05, 4.69) is 50.1 Å². The molecule has 3 N–H and O–H groups in total. The Hall–Kier alpha value is -2.05. The second-order valence-electron chi connectivity index (χ2n) is 5.37. The number of benzene rings is 2. The molecule has 0 amide bonds. The number of aliphatic carboxylic acids is 1. The maximum Gasteiger partial charge on any atom is 0.305 e. The van der Waals surface area contributed by atoms with Crippen molar-refractivity contribution < 1.29 is 9.90 Å². The molecule has 3 rings (SSSR count). The van der Waals surface area contributed by atoms with Crippen LogP contribution in [0.3, 0.4) is 0 Å². The first-order valence-corrected chi connectivity index (χ1v) is 9.25. The quantitative estimate of drug-likeness (QED) is 0.508. The van der Waals surface area contributed by atoms with E-state index in [1.165, 1.54) is 15.6 Å². The molecule has 24 heavy (non-hydrogen) atoms. The average molecular weight is 405 g/mol. The lowest BCUT2D eigenvalue weighted by molar-refractivity contribution is -0.136. The molecule has 0 saturated carbocycles. The minimum atomic E-state index is -0.803. The monoisotopic (exact) mass is 404 g/mol. The number of halogens is 1. The van der Waals surface area contributed by atoms with E-state index in [1.807, 2.05) is 24.3 Å². The van der Waals surface area contributed by atoms with Gasteiger partial charge in [-0.05, 0) is 46.7 Å². The van der Waals surface area contributed by atoms with E-state index in [4.69, 9.17) is 5.11 Å². The Balaban J connectivity index is 1.71. The molecule has 0 spiro atoms. The molecule has 0 aliphatic carbocycles. The van der Waals surface area contributed by atoms with Crippen LogP contribution >= 0.6 is 27.3 Å². The predicted octanol–water partition coefficient (Wildman–Crippen LogP) is 5.16. The summed E-state index contributed by atoms with van der Waals surface area (Å²) in [4.78, 5) is 10.6. The summed E-state index contributed by atoms with van der Waals surface area (Å²) in [6.45, 7) is 1.12. The van der Waals surface area contributed by atoms with Gasteiger partial charge in [0, 0.05) is 22.3 Å². The van der Waals surface area contributed by atoms with Crippen molar-refractivity contribution in [3.63, 3.8) is 0 Å².